The van der Waals surface area contributed by atoms with E-state index in [0.29, 0.717) is 17.1 Å². The third-order valence-electron chi connectivity index (χ3n) is 1.62. The lowest BCUT2D eigenvalue weighted by Crippen LogP contribution is -1.94. The van der Waals surface area contributed by atoms with Gasteiger partial charge >= 0.3 is 0 Å². The lowest BCUT2D eigenvalue weighted by molar-refractivity contribution is 0.685. The summed E-state index contributed by atoms with van der Waals surface area (Å²) in [5, 5.41) is 0.346. The first-order valence-electron chi connectivity index (χ1n) is 3.29. The van der Waals surface area contributed by atoms with Gasteiger partial charge < -0.3 is 0 Å². The van der Waals surface area contributed by atoms with E-state index in [4.69, 9.17) is 23.2 Å². The molecule has 0 saturated carbocycles. The molecule has 0 aliphatic carbocycles. The van der Waals surface area contributed by atoms with Crippen LogP contribution >= 0.6 is 23.2 Å². The Labute approximate surface area is 81.6 Å². The van der Waals surface area contributed by atoms with Crippen LogP contribution in [0.3, 0.4) is 0 Å². The Hall–Kier alpha value is -0.190. The molecular formula is C6H4Cl2N2OS. The van der Waals surface area contributed by atoms with Gasteiger partial charge in [-0.05, 0) is 11.6 Å². The van der Waals surface area contributed by atoms with E-state index in [1.807, 2.05) is 0 Å². The maximum Gasteiger partial charge on any atom is 0.224 e. The molecule has 2 heterocycles. The van der Waals surface area contributed by atoms with Gasteiger partial charge in [-0.15, -0.1) is 0 Å². The van der Waals surface area contributed by atoms with Crippen molar-refractivity contribution >= 4 is 34.0 Å². The predicted molar refractivity (Wildman–Crippen MR) is 47.0 cm³/mol. The Balaban J connectivity index is 2.68. The van der Waals surface area contributed by atoms with Crippen LogP contribution in [0.15, 0.2) is 4.90 Å². The highest BCUT2D eigenvalue weighted by atomic mass is 35.5. The summed E-state index contributed by atoms with van der Waals surface area (Å²) in [7, 11) is -1.03. The molecule has 0 unspecified atom stereocenters. The van der Waals surface area contributed by atoms with Crippen LogP contribution in [0.2, 0.25) is 10.4 Å². The quantitative estimate of drug-likeness (QED) is 0.493. The molecule has 0 aromatic carbocycles. The number of hydrogen-bond acceptors (Lipinski definition) is 3. The molecule has 64 valence electrons. The fraction of sp³-hybridized carbons (Fsp3) is 0.333. The standard InChI is InChI=1S/C6H4Cl2N2OS/c7-5-4-3(1-2-12(4)11)9-6(8)10-5/h1-2H2/t12-/m1/s1. The molecule has 0 radical (unpaired) electrons. The third-order valence-corrected chi connectivity index (χ3v) is 3.63. The molecule has 0 amide bonds. The summed E-state index contributed by atoms with van der Waals surface area (Å²) >= 11 is 11.3. The van der Waals surface area contributed by atoms with Crippen LogP contribution in [0, 0.1) is 0 Å². The summed E-state index contributed by atoms with van der Waals surface area (Å²) in [5.74, 6) is 0.573. The summed E-state index contributed by atoms with van der Waals surface area (Å²) in [6.45, 7) is 0. The molecular weight excluding hydrogens is 219 g/mol. The zero-order chi connectivity index (χ0) is 8.72. The van der Waals surface area contributed by atoms with Gasteiger partial charge in [0.1, 0.15) is 5.15 Å². The molecule has 3 nitrogen and oxygen atoms in total. The van der Waals surface area contributed by atoms with Gasteiger partial charge in [-0.3, -0.25) is 4.21 Å². The van der Waals surface area contributed by atoms with E-state index < -0.39 is 10.8 Å². The topological polar surface area (TPSA) is 42.9 Å². The minimum atomic E-state index is -1.03. The summed E-state index contributed by atoms with van der Waals surface area (Å²) in [6, 6.07) is 0. The van der Waals surface area contributed by atoms with Gasteiger partial charge in [-0.2, -0.15) is 0 Å². The zero-order valence-electron chi connectivity index (χ0n) is 5.88. The fourth-order valence-corrected chi connectivity index (χ4v) is 3.03. The average molecular weight is 223 g/mol. The molecule has 0 N–H and O–H groups in total. The first kappa shape index (κ1) is 8.41. The summed E-state index contributed by atoms with van der Waals surface area (Å²) in [5.41, 5.74) is 0.721. The van der Waals surface area contributed by atoms with E-state index in [2.05, 4.69) is 9.97 Å². The van der Waals surface area contributed by atoms with Crippen molar-refractivity contribution in [3.8, 4) is 0 Å². The summed E-state index contributed by atoms with van der Waals surface area (Å²) < 4.78 is 11.3. The molecule has 0 bridgehead atoms. The van der Waals surface area contributed by atoms with Crippen LogP contribution in [-0.2, 0) is 17.2 Å². The van der Waals surface area contributed by atoms with Crippen molar-refractivity contribution in [3.05, 3.63) is 16.1 Å². The Morgan fingerprint density at radius 3 is 2.83 bits per heavy atom. The van der Waals surface area contributed by atoms with Gasteiger partial charge in [0, 0.05) is 12.2 Å². The zero-order valence-corrected chi connectivity index (χ0v) is 8.21. The molecule has 1 aliphatic heterocycles. The van der Waals surface area contributed by atoms with Crippen molar-refractivity contribution in [2.45, 2.75) is 11.3 Å². The SMILES string of the molecule is O=[S@@]1CCc2nc(Cl)nc(Cl)c21. The number of aromatic nitrogens is 2. The first-order valence-corrected chi connectivity index (χ1v) is 5.36. The Bertz CT molecular complexity index is 369. The molecule has 0 spiro atoms. The summed E-state index contributed by atoms with van der Waals surface area (Å²) in [6.07, 6.45) is 0.671. The molecule has 1 atom stereocenters. The Morgan fingerprint density at radius 2 is 2.08 bits per heavy atom. The van der Waals surface area contributed by atoms with Gasteiger partial charge in [0.15, 0.2) is 0 Å². The second-order valence-corrected chi connectivity index (χ2v) is 4.56. The lowest BCUT2D eigenvalue weighted by atomic mass is 10.3. The van der Waals surface area contributed by atoms with E-state index in [9.17, 15) is 4.21 Å². The molecule has 0 saturated heterocycles. The number of fused-ring (bicyclic) bond motifs is 1. The predicted octanol–water partition coefficient (Wildman–Crippen LogP) is 1.45. The van der Waals surface area contributed by atoms with Crippen LogP contribution in [-0.4, -0.2) is 19.9 Å². The van der Waals surface area contributed by atoms with Crippen molar-refractivity contribution in [3.63, 3.8) is 0 Å². The molecule has 1 aromatic rings. The first-order chi connectivity index (χ1) is 5.68. The van der Waals surface area contributed by atoms with Crippen molar-refractivity contribution < 1.29 is 4.21 Å². The largest absolute Gasteiger partial charge is 0.254 e. The second kappa shape index (κ2) is 2.94. The summed E-state index contributed by atoms with van der Waals surface area (Å²) in [4.78, 5) is 8.22. The van der Waals surface area contributed by atoms with Crippen molar-refractivity contribution in [1.29, 1.82) is 0 Å². The van der Waals surface area contributed by atoms with Crippen LogP contribution in [0.25, 0.3) is 0 Å². The van der Waals surface area contributed by atoms with Gasteiger partial charge in [0.05, 0.1) is 21.4 Å². The van der Waals surface area contributed by atoms with Gasteiger partial charge in [0.2, 0.25) is 5.28 Å². The molecule has 1 aliphatic rings. The minimum Gasteiger partial charge on any atom is -0.254 e. The average Bonchev–Trinajstić information content (AvgIpc) is 2.31. The number of nitrogens with zero attached hydrogens (tertiary/aromatic N) is 2. The van der Waals surface area contributed by atoms with E-state index in [1.54, 1.807) is 0 Å². The van der Waals surface area contributed by atoms with Crippen molar-refractivity contribution in [2.75, 3.05) is 5.75 Å². The highest BCUT2D eigenvalue weighted by molar-refractivity contribution is 7.85. The van der Waals surface area contributed by atoms with Crippen LogP contribution in [0.4, 0.5) is 0 Å². The normalized spacial score (nSPS) is 21.0. The number of hydrogen-bond donors (Lipinski definition) is 0. The van der Waals surface area contributed by atoms with Gasteiger partial charge in [0.25, 0.3) is 0 Å². The van der Waals surface area contributed by atoms with E-state index in [1.165, 1.54) is 0 Å². The smallest absolute Gasteiger partial charge is 0.224 e. The molecule has 0 fully saturated rings. The van der Waals surface area contributed by atoms with Crippen LogP contribution in [0.5, 0.6) is 0 Å². The Kier molecular flexibility index (Phi) is 2.06. The van der Waals surface area contributed by atoms with Crippen molar-refractivity contribution in [1.82, 2.24) is 9.97 Å². The number of aryl methyl sites for hydroxylation is 1. The fourth-order valence-electron chi connectivity index (χ4n) is 1.12. The second-order valence-electron chi connectivity index (χ2n) is 2.36. The van der Waals surface area contributed by atoms with Gasteiger partial charge in [-0.1, -0.05) is 11.6 Å². The minimum absolute atomic E-state index is 0.123. The maximum atomic E-state index is 11.3. The maximum absolute atomic E-state index is 11.3. The number of halogens is 2. The van der Waals surface area contributed by atoms with Crippen LogP contribution < -0.4 is 0 Å². The highest BCUT2D eigenvalue weighted by Gasteiger charge is 2.24. The lowest BCUT2D eigenvalue weighted by Gasteiger charge is -1.98. The van der Waals surface area contributed by atoms with E-state index >= 15 is 0 Å². The molecule has 2 rings (SSSR count). The number of rotatable bonds is 0. The van der Waals surface area contributed by atoms with E-state index in [0.717, 1.165) is 5.69 Å². The van der Waals surface area contributed by atoms with Gasteiger partial charge in [-0.25, -0.2) is 9.97 Å². The van der Waals surface area contributed by atoms with Crippen molar-refractivity contribution in [2.24, 2.45) is 0 Å². The van der Waals surface area contributed by atoms with Crippen LogP contribution in [0.1, 0.15) is 5.69 Å². The molecule has 6 heteroatoms. The molecule has 12 heavy (non-hydrogen) atoms. The van der Waals surface area contributed by atoms with E-state index in [-0.39, 0.29) is 10.4 Å². The third kappa shape index (κ3) is 1.24. The monoisotopic (exact) mass is 222 g/mol. The molecule has 1 aromatic heterocycles. The highest BCUT2D eigenvalue weighted by Crippen LogP contribution is 2.27. The Morgan fingerprint density at radius 1 is 1.33 bits per heavy atom.